The Bertz CT molecular complexity index is 1850. The number of esters is 1. The molecule has 1 N–H and O–H groups in total. The number of carbonyl (C=O) groups excluding carboxylic acids is 4. The number of fused-ring (bicyclic) bond motifs is 2. The highest BCUT2D eigenvalue weighted by atomic mass is 32.2. The monoisotopic (exact) mass is 643 g/mol. The molecule has 12 heteroatoms. The lowest BCUT2D eigenvalue weighted by Crippen LogP contribution is -2.33. The highest BCUT2D eigenvalue weighted by Crippen LogP contribution is 2.54. The average molecular weight is 644 g/mol. The predicted octanol–water partition coefficient (Wildman–Crippen LogP) is 4.84. The second kappa shape index (κ2) is 12.4. The molecule has 0 unspecified atom stereocenters. The molecule has 0 bridgehead atoms. The number of hydrogen-bond acceptors (Lipinski definition) is 9. The number of aryl methyl sites for hydroxylation is 1. The van der Waals surface area contributed by atoms with Crippen molar-refractivity contribution in [1.82, 2.24) is 4.57 Å². The van der Waals surface area contributed by atoms with Crippen molar-refractivity contribution in [3.8, 4) is 5.75 Å². The van der Waals surface area contributed by atoms with E-state index in [1.807, 2.05) is 31.2 Å². The third-order valence-corrected chi connectivity index (χ3v) is 10.4. The Morgan fingerprint density at radius 1 is 0.911 bits per heavy atom. The molecule has 2 aliphatic rings. The molecule has 1 saturated heterocycles. The number of amides is 3. The molecule has 4 aromatic rings. The van der Waals surface area contributed by atoms with Gasteiger partial charge in [0.25, 0.3) is 0 Å². The number of thiazole rings is 1. The highest BCUT2D eigenvalue weighted by Gasteiger charge is 2.56. The van der Waals surface area contributed by atoms with Crippen molar-refractivity contribution >= 4 is 58.2 Å². The lowest BCUT2D eigenvalue weighted by Gasteiger charge is -2.30. The van der Waals surface area contributed by atoms with E-state index >= 15 is 0 Å². The maximum Gasteiger partial charge on any atom is 0.338 e. The smallest absolute Gasteiger partial charge is 0.338 e. The predicted molar refractivity (Wildman–Crippen MR) is 171 cm³/mol. The number of nitrogens with zero attached hydrogens (tertiary/aromatic N) is 2. The molecular formula is C33H29N3O7S2. The van der Waals surface area contributed by atoms with Gasteiger partial charge in [-0.2, -0.15) is 0 Å². The van der Waals surface area contributed by atoms with Crippen LogP contribution in [0.5, 0.6) is 5.75 Å². The van der Waals surface area contributed by atoms with Crippen molar-refractivity contribution < 1.29 is 28.7 Å². The molecule has 3 amide bonds. The molecule has 0 radical (unpaired) electrons. The number of hydrogen-bond donors (Lipinski definition) is 1. The second-order valence-electron chi connectivity index (χ2n) is 10.6. The Morgan fingerprint density at radius 2 is 1.60 bits per heavy atom. The van der Waals surface area contributed by atoms with Crippen molar-refractivity contribution in [3.63, 3.8) is 0 Å². The van der Waals surface area contributed by atoms with Gasteiger partial charge in [-0.15, -0.1) is 0 Å². The minimum atomic E-state index is -0.845. The van der Waals surface area contributed by atoms with Crippen molar-refractivity contribution in [2.24, 2.45) is 5.92 Å². The number of imide groups is 1. The lowest BCUT2D eigenvalue weighted by molar-refractivity contribution is -0.122. The molecule has 0 aliphatic carbocycles. The first-order chi connectivity index (χ1) is 21.7. The molecule has 0 saturated carbocycles. The van der Waals surface area contributed by atoms with Crippen LogP contribution in [0.25, 0.3) is 0 Å². The van der Waals surface area contributed by atoms with E-state index in [9.17, 15) is 24.0 Å². The summed E-state index contributed by atoms with van der Waals surface area (Å²) in [6.45, 7) is 3.63. The summed E-state index contributed by atoms with van der Waals surface area (Å²) in [4.78, 5) is 68.1. The van der Waals surface area contributed by atoms with E-state index in [1.165, 1.54) is 16.7 Å². The molecule has 3 heterocycles. The van der Waals surface area contributed by atoms with Crippen LogP contribution in [-0.2, 0) is 25.7 Å². The van der Waals surface area contributed by atoms with Crippen LogP contribution in [0.15, 0.2) is 82.6 Å². The maximum atomic E-state index is 14.1. The summed E-state index contributed by atoms with van der Waals surface area (Å²) in [5, 5.41) is 2.48. The third-order valence-electron chi connectivity index (χ3n) is 7.80. The number of ether oxygens (including phenoxy) is 2. The Hall–Kier alpha value is -4.68. The van der Waals surface area contributed by atoms with Gasteiger partial charge in [-0.05, 0) is 67.9 Å². The van der Waals surface area contributed by atoms with Gasteiger partial charge >= 0.3 is 10.8 Å². The van der Waals surface area contributed by atoms with Crippen molar-refractivity contribution in [1.29, 1.82) is 0 Å². The zero-order chi connectivity index (χ0) is 31.8. The van der Waals surface area contributed by atoms with Gasteiger partial charge in [-0.3, -0.25) is 23.7 Å². The molecule has 3 atom stereocenters. The van der Waals surface area contributed by atoms with Crippen LogP contribution < -0.4 is 19.8 Å². The van der Waals surface area contributed by atoms with Gasteiger partial charge in [-0.1, -0.05) is 52.9 Å². The average Bonchev–Trinajstić information content (AvgIpc) is 3.48. The summed E-state index contributed by atoms with van der Waals surface area (Å²) in [6, 6.07) is 20.7. The molecule has 1 aromatic heterocycles. The number of nitrogens with one attached hydrogen (secondary N) is 1. The van der Waals surface area contributed by atoms with Gasteiger partial charge in [0, 0.05) is 16.5 Å². The molecule has 2 aliphatic heterocycles. The minimum absolute atomic E-state index is 0.222. The SMILES string of the molecule is CCOC(=O)c1ccc(N2C(=O)[C@@H]3[C@H](c4ccc(OC)cc4)c4sc(=O)n(CC(=O)Nc5ccc(C)cc5)c4S[C@@H]3C2=O)cc1. The first-order valence-corrected chi connectivity index (χ1v) is 16.0. The van der Waals surface area contributed by atoms with Crippen LogP contribution in [0.1, 0.15) is 39.2 Å². The highest BCUT2D eigenvalue weighted by molar-refractivity contribution is 8.00. The van der Waals surface area contributed by atoms with Gasteiger partial charge < -0.3 is 14.8 Å². The van der Waals surface area contributed by atoms with Crippen LogP contribution in [0.4, 0.5) is 11.4 Å². The van der Waals surface area contributed by atoms with Crippen LogP contribution >= 0.6 is 23.1 Å². The second-order valence-corrected chi connectivity index (χ2v) is 12.8. The number of rotatable bonds is 8. The fourth-order valence-corrected chi connectivity index (χ4v) is 8.40. The number of aromatic nitrogens is 1. The zero-order valence-electron chi connectivity index (χ0n) is 24.6. The molecule has 10 nitrogen and oxygen atoms in total. The molecular weight excluding hydrogens is 615 g/mol. The Labute approximate surface area is 267 Å². The normalized spacial score (nSPS) is 18.7. The van der Waals surface area contributed by atoms with E-state index in [0.717, 1.165) is 39.1 Å². The fourth-order valence-electron chi connectivity index (χ4n) is 5.62. The summed E-state index contributed by atoms with van der Waals surface area (Å²) in [5.74, 6) is -2.52. The molecule has 0 spiro atoms. The number of thioether (sulfide) groups is 1. The van der Waals surface area contributed by atoms with Gasteiger partial charge in [0.15, 0.2) is 0 Å². The van der Waals surface area contributed by atoms with E-state index in [2.05, 4.69) is 5.32 Å². The quantitative estimate of drug-likeness (QED) is 0.214. The van der Waals surface area contributed by atoms with Crippen molar-refractivity contribution in [2.45, 2.75) is 36.6 Å². The number of methoxy groups -OCH3 is 1. The molecule has 3 aromatic carbocycles. The van der Waals surface area contributed by atoms with Gasteiger partial charge in [-0.25, -0.2) is 9.69 Å². The molecule has 6 rings (SSSR count). The standard InChI is InChI=1S/C33H29N3O7S2/c1-4-43-32(40)20-7-13-22(14-8-20)36-29(38)26-25(19-9-15-23(42-3)16-10-19)28-31(44-27(26)30(36)39)35(33(41)45-28)17-24(37)34-21-11-5-18(2)6-12-21/h5-16,25-27H,4,17H2,1-3H3,(H,34,37)/t25-,26+,27-/m0/s1. The van der Waals surface area contributed by atoms with Crippen LogP contribution in [0.3, 0.4) is 0 Å². The van der Waals surface area contributed by atoms with Crippen molar-refractivity contribution in [2.75, 3.05) is 23.9 Å². The number of carbonyl (C=O) groups is 4. The lowest BCUT2D eigenvalue weighted by atomic mass is 9.83. The molecule has 230 valence electrons. The van der Waals surface area contributed by atoms with E-state index in [-0.39, 0.29) is 23.9 Å². The van der Waals surface area contributed by atoms with Gasteiger partial charge in [0.2, 0.25) is 17.7 Å². The summed E-state index contributed by atoms with van der Waals surface area (Å²) in [5.41, 5.74) is 3.03. The number of anilines is 2. The van der Waals surface area contributed by atoms with E-state index < -0.39 is 34.9 Å². The van der Waals surface area contributed by atoms with Gasteiger partial charge in [0.1, 0.15) is 17.5 Å². The summed E-state index contributed by atoms with van der Waals surface area (Å²) in [7, 11) is 1.55. The molecule has 45 heavy (non-hydrogen) atoms. The first kappa shape index (κ1) is 30.4. The fraction of sp³-hybridized carbons (Fsp3) is 0.242. The third kappa shape index (κ3) is 5.67. The largest absolute Gasteiger partial charge is 0.497 e. The van der Waals surface area contributed by atoms with Crippen LogP contribution in [0, 0.1) is 12.8 Å². The van der Waals surface area contributed by atoms with Crippen LogP contribution in [-0.4, -0.2) is 47.2 Å². The first-order valence-electron chi connectivity index (χ1n) is 14.3. The van der Waals surface area contributed by atoms with Gasteiger partial charge in [0.05, 0.1) is 35.9 Å². The van der Waals surface area contributed by atoms with E-state index in [4.69, 9.17) is 9.47 Å². The molecule has 1 fully saturated rings. The number of benzene rings is 3. The van der Waals surface area contributed by atoms with Crippen molar-refractivity contribution in [3.05, 3.63) is 104 Å². The Balaban J connectivity index is 1.37. The Morgan fingerprint density at radius 3 is 2.24 bits per heavy atom. The zero-order valence-corrected chi connectivity index (χ0v) is 26.3. The Kier molecular flexibility index (Phi) is 8.34. The minimum Gasteiger partial charge on any atom is -0.497 e. The summed E-state index contributed by atoms with van der Waals surface area (Å²) >= 11 is 2.12. The summed E-state index contributed by atoms with van der Waals surface area (Å²) < 4.78 is 11.8. The summed E-state index contributed by atoms with van der Waals surface area (Å²) in [6.07, 6.45) is 0. The van der Waals surface area contributed by atoms with E-state index in [1.54, 1.807) is 50.4 Å². The van der Waals surface area contributed by atoms with Crippen LogP contribution in [0.2, 0.25) is 0 Å². The van der Waals surface area contributed by atoms with E-state index in [0.29, 0.717) is 32.6 Å². The topological polar surface area (TPSA) is 124 Å². The maximum absolute atomic E-state index is 14.1.